The van der Waals surface area contributed by atoms with Crippen LogP contribution in [0.15, 0.2) is 0 Å². The van der Waals surface area contributed by atoms with Crippen molar-refractivity contribution in [2.24, 2.45) is 11.8 Å². The van der Waals surface area contributed by atoms with E-state index < -0.39 is 7.60 Å². The maximum atomic E-state index is 12.2. The van der Waals surface area contributed by atoms with E-state index in [4.69, 9.17) is 4.52 Å². The fourth-order valence-corrected chi connectivity index (χ4v) is 4.06. The van der Waals surface area contributed by atoms with Crippen molar-refractivity contribution in [3.63, 3.8) is 0 Å². The van der Waals surface area contributed by atoms with Gasteiger partial charge in [0.25, 0.3) is 0 Å². The second-order valence-electron chi connectivity index (χ2n) is 5.95. The molecule has 0 saturated heterocycles. The van der Waals surface area contributed by atoms with E-state index in [1.165, 1.54) is 12.8 Å². The minimum absolute atomic E-state index is 0. The molecule has 1 N–H and O–H groups in total. The summed E-state index contributed by atoms with van der Waals surface area (Å²) in [5, 5.41) is 0. The summed E-state index contributed by atoms with van der Waals surface area (Å²) >= 11 is 0. The first-order valence-electron chi connectivity index (χ1n) is 8.45. The summed E-state index contributed by atoms with van der Waals surface area (Å²) in [6.07, 6.45) is 9.05. The van der Waals surface area contributed by atoms with E-state index in [9.17, 15) is 9.46 Å². The third-order valence-electron chi connectivity index (χ3n) is 4.09. The molecular formula is C16H35NiO3P. The minimum atomic E-state index is -3.40. The monoisotopic (exact) mass is 364 g/mol. The third kappa shape index (κ3) is 12.8. The second kappa shape index (κ2) is 14.2. The zero-order valence-corrected chi connectivity index (χ0v) is 16.1. The first kappa shape index (κ1) is 23.9. The van der Waals surface area contributed by atoms with Crippen LogP contribution < -0.4 is 0 Å². The summed E-state index contributed by atoms with van der Waals surface area (Å²) in [6, 6.07) is 0. The van der Waals surface area contributed by atoms with Crippen LogP contribution in [0.25, 0.3) is 0 Å². The molecule has 132 valence electrons. The Bertz CT molecular complexity index is 274. The van der Waals surface area contributed by atoms with Gasteiger partial charge in [-0.3, -0.25) is 4.57 Å². The van der Waals surface area contributed by atoms with Crippen LogP contribution in [0.5, 0.6) is 0 Å². The molecule has 0 aliphatic carbocycles. The topological polar surface area (TPSA) is 46.5 Å². The molecule has 0 radical (unpaired) electrons. The summed E-state index contributed by atoms with van der Waals surface area (Å²) in [6.45, 7) is 8.98. The zero-order chi connectivity index (χ0) is 15.4. The first-order valence-corrected chi connectivity index (χ1v) is 10.2. The summed E-state index contributed by atoms with van der Waals surface area (Å²) in [5.74, 6) is 0.743. The molecule has 21 heavy (non-hydrogen) atoms. The molecule has 0 heterocycles. The van der Waals surface area contributed by atoms with Gasteiger partial charge in [0, 0.05) is 16.5 Å². The van der Waals surface area contributed by atoms with Crippen LogP contribution in [0.1, 0.15) is 79.1 Å². The van der Waals surface area contributed by atoms with E-state index in [-0.39, 0.29) is 16.5 Å². The normalized spacial score (nSPS) is 16.8. The van der Waals surface area contributed by atoms with Crippen molar-refractivity contribution in [3.8, 4) is 0 Å². The Morgan fingerprint density at radius 2 is 1.43 bits per heavy atom. The molecule has 0 rings (SSSR count). The third-order valence-corrected chi connectivity index (χ3v) is 5.62. The van der Waals surface area contributed by atoms with Crippen molar-refractivity contribution in [1.29, 1.82) is 0 Å². The van der Waals surface area contributed by atoms with Crippen LogP contribution in [0, 0.1) is 11.8 Å². The minimum Gasteiger partial charge on any atom is -0.324 e. The van der Waals surface area contributed by atoms with E-state index >= 15 is 0 Å². The van der Waals surface area contributed by atoms with E-state index in [1.54, 1.807) is 0 Å². The van der Waals surface area contributed by atoms with Gasteiger partial charge in [0.05, 0.1) is 12.8 Å². The molecule has 0 saturated carbocycles. The quantitative estimate of drug-likeness (QED) is 0.340. The van der Waals surface area contributed by atoms with Crippen molar-refractivity contribution in [2.45, 2.75) is 79.1 Å². The number of rotatable bonds is 13. The van der Waals surface area contributed by atoms with Crippen molar-refractivity contribution in [1.82, 2.24) is 0 Å². The summed E-state index contributed by atoms with van der Waals surface area (Å²) < 4.78 is 17.6. The molecule has 0 aromatic heterocycles. The smallest absolute Gasteiger partial charge is 0.324 e. The van der Waals surface area contributed by atoms with Gasteiger partial charge in [0.15, 0.2) is 0 Å². The van der Waals surface area contributed by atoms with Crippen LogP contribution in [-0.4, -0.2) is 17.7 Å². The second-order valence-corrected chi connectivity index (χ2v) is 7.85. The van der Waals surface area contributed by atoms with Crippen LogP contribution in [0.4, 0.5) is 0 Å². The number of unbranched alkanes of at least 4 members (excludes halogenated alkanes) is 2. The van der Waals surface area contributed by atoms with Crippen molar-refractivity contribution in [3.05, 3.63) is 0 Å². The van der Waals surface area contributed by atoms with Crippen molar-refractivity contribution >= 4 is 7.60 Å². The molecule has 3 nitrogen and oxygen atoms in total. The van der Waals surface area contributed by atoms with Crippen molar-refractivity contribution < 1.29 is 30.5 Å². The Balaban J connectivity index is 0. The molecule has 3 unspecified atom stereocenters. The van der Waals surface area contributed by atoms with Gasteiger partial charge < -0.3 is 9.42 Å². The maximum absolute atomic E-state index is 12.2. The van der Waals surface area contributed by atoms with Gasteiger partial charge >= 0.3 is 7.60 Å². The Kier molecular flexibility index (Phi) is 16.2. The predicted molar refractivity (Wildman–Crippen MR) is 87.3 cm³/mol. The molecule has 0 aromatic rings. The van der Waals surface area contributed by atoms with Crippen LogP contribution in [0.2, 0.25) is 0 Å². The SMILES string of the molecule is CCCCC(CC)COP(=O)(O)CC(CC)CCCC.[Ni]. The molecule has 0 aliphatic rings. The Hall–Kier alpha value is 0.644. The molecule has 0 spiro atoms. The zero-order valence-electron chi connectivity index (χ0n) is 14.3. The molecule has 0 amide bonds. The van der Waals surface area contributed by atoms with Gasteiger partial charge in [-0.2, -0.15) is 0 Å². The number of hydrogen-bond donors (Lipinski definition) is 1. The van der Waals surface area contributed by atoms with Gasteiger partial charge in [0.1, 0.15) is 0 Å². The summed E-state index contributed by atoms with van der Waals surface area (Å²) in [7, 11) is -3.40. The van der Waals surface area contributed by atoms with Crippen LogP contribution >= 0.6 is 7.60 Å². The Labute approximate surface area is 142 Å². The van der Waals surface area contributed by atoms with Crippen LogP contribution in [0.3, 0.4) is 0 Å². The van der Waals surface area contributed by atoms with Gasteiger partial charge in [0.2, 0.25) is 0 Å². The number of hydrogen-bond acceptors (Lipinski definition) is 2. The fourth-order valence-electron chi connectivity index (χ4n) is 2.42. The Morgan fingerprint density at radius 1 is 0.952 bits per heavy atom. The van der Waals surface area contributed by atoms with Gasteiger partial charge in [-0.05, 0) is 24.7 Å². The molecule has 0 bridgehead atoms. The largest absolute Gasteiger partial charge is 0.328 e. The predicted octanol–water partition coefficient (Wildman–Crippen LogP) is 5.62. The van der Waals surface area contributed by atoms with E-state index in [0.29, 0.717) is 24.6 Å². The average Bonchev–Trinajstić information content (AvgIpc) is 2.43. The average molecular weight is 365 g/mol. The molecular weight excluding hydrogens is 330 g/mol. The molecule has 0 aromatic carbocycles. The fraction of sp³-hybridized carbons (Fsp3) is 1.00. The van der Waals surface area contributed by atoms with Crippen LogP contribution in [-0.2, 0) is 25.6 Å². The van der Waals surface area contributed by atoms with E-state index in [2.05, 4.69) is 27.7 Å². The van der Waals surface area contributed by atoms with Gasteiger partial charge in [-0.15, -0.1) is 0 Å². The van der Waals surface area contributed by atoms with Gasteiger partial charge in [-0.1, -0.05) is 66.2 Å². The van der Waals surface area contributed by atoms with E-state index in [1.807, 2.05) is 0 Å². The molecule has 3 atom stereocenters. The molecule has 5 heteroatoms. The van der Waals surface area contributed by atoms with Gasteiger partial charge in [-0.25, -0.2) is 0 Å². The van der Waals surface area contributed by atoms with Crippen molar-refractivity contribution in [2.75, 3.05) is 12.8 Å². The summed E-state index contributed by atoms with van der Waals surface area (Å²) in [5.41, 5.74) is 0. The summed E-state index contributed by atoms with van der Waals surface area (Å²) in [4.78, 5) is 10.0. The Morgan fingerprint density at radius 3 is 1.86 bits per heavy atom. The first-order chi connectivity index (χ1) is 9.49. The molecule has 0 aliphatic heterocycles. The van der Waals surface area contributed by atoms with E-state index in [0.717, 1.165) is 38.5 Å². The maximum Gasteiger partial charge on any atom is 0.328 e. The standard InChI is InChI=1S/C16H35O3P.Ni/c1-5-9-11-15(7-3)13-19-20(17,18)14-16(8-4)12-10-6-2;/h15-16H,5-14H2,1-4H3,(H,17,18);. The molecule has 0 fully saturated rings.